The second-order valence-electron chi connectivity index (χ2n) is 4.87. The van der Waals surface area contributed by atoms with Crippen molar-refractivity contribution < 1.29 is 8.42 Å². The van der Waals surface area contributed by atoms with E-state index in [1.807, 2.05) is 7.05 Å². The topological polar surface area (TPSA) is 53.5 Å². The molecule has 0 aromatic carbocycles. The zero-order valence-electron chi connectivity index (χ0n) is 11.1. The number of hydrogen-bond acceptors (Lipinski definition) is 4. The molecule has 0 spiro atoms. The summed E-state index contributed by atoms with van der Waals surface area (Å²) in [6.07, 6.45) is 3.36. The summed E-state index contributed by atoms with van der Waals surface area (Å²) in [7, 11) is 0.0367. The van der Waals surface area contributed by atoms with Gasteiger partial charge in [0.2, 0.25) is 10.0 Å². The summed E-state index contributed by atoms with van der Waals surface area (Å²) < 4.78 is 26.5. The zero-order valence-corrected chi connectivity index (χ0v) is 12.7. The highest BCUT2D eigenvalue weighted by Gasteiger charge is 2.31. The van der Waals surface area contributed by atoms with E-state index in [0.29, 0.717) is 0 Å². The van der Waals surface area contributed by atoms with Crippen molar-refractivity contribution in [3.8, 4) is 0 Å². The van der Waals surface area contributed by atoms with E-state index in [9.17, 15) is 8.42 Å². The summed E-state index contributed by atoms with van der Waals surface area (Å²) >= 11 is 5.89. The predicted octanol–water partition coefficient (Wildman–Crippen LogP) is 1.45. The molecule has 1 aliphatic rings. The SMILES string of the molecule is CN1CCCC(N(C)S(=O)(=O)c2cccnc2Cl)C1. The Balaban J connectivity index is 2.27. The molecule has 0 radical (unpaired) electrons. The van der Waals surface area contributed by atoms with E-state index in [-0.39, 0.29) is 16.1 Å². The summed E-state index contributed by atoms with van der Waals surface area (Å²) in [5, 5.41) is 0.0264. The van der Waals surface area contributed by atoms with Crippen LogP contribution in [-0.4, -0.2) is 55.8 Å². The first kappa shape index (κ1) is 14.7. The first-order valence-electron chi connectivity index (χ1n) is 6.20. The highest BCUT2D eigenvalue weighted by molar-refractivity contribution is 7.89. The van der Waals surface area contributed by atoms with Crippen LogP contribution in [0.1, 0.15) is 12.8 Å². The maximum absolute atomic E-state index is 12.5. The molecule has 1 aliphatic heterocycles. The molecule has 1 aromatic heterocycles. The first-order chi connectivity index (χ1) is 8.93. The lowest BCUT2D eigenvalue weighted by atomic mass is 10.1. The molecule has 0 saturated carbocycles. The third-order valence-corrected chi connectivity index (χ3v) is 5.85. The van der Waals surface area contributed by atoms with Gasteiger partial charge in [-0.15, -0.1) is 0 Å². The quantitative estimate of drug-likeness (QED) is 0.793. The van der Waals surface area contributed by atoms with Crippen molar-refractivity contribution in [1.29, 1.82) is 0 Å². The number of likely N-dealkylation sites (N-methyl/N-ethyl adjacent to an activating group) is 2. The molecule has 1 saturated heterocycles. The first-order valence-corrected chi connectivity index (χ1v) is 8.02. The molecule has 1 atom stereocenters. The fraction of sp³-hybridized carbons (Fsp3) is 0.583. The number of hydrogen-bond donors (Lipinski definition) is 0. The Morgan fingerprint density at radius 2 is 2.26 bits per heavy atom. The number of piperidine rings is 1. The Morgan fingerprint density at radius 1 is 1.53 bits per heavy atom. The van der Waals surface area contributed by atoms with E-state index in [2.05, 4.69) is 9.88 Å². The van der Waals surface area contributed by atoms with Crippen molar-refractivity contribution >= 4 is 21.6 Å². The van der Waals surface area contributed by atoms with Gasteiger partial charge in [-0.1, -0.05) is 11.6 Å². The van der Waals surface area contributed by atoms with Gasteiger partial charge in [-0.25, -0.2) is 13.4 Å². The van der Waals surface area contributed by atoms with Gasteiger partial charge >= 0.3 is 0 Å². The molecule has 0 N–H and O–H groups in total. The van der Waals surface area contributed by atoms with Gasteiger partial charge in [0.1, 0.15) is 10.0 Å². The van der Waals surface area contributed by atoms with Crippen molar-refractivity contribution in [3.63, 3.8) is 0 Å². The molecule has 1 fully saturated rings. The monoisotopic (exact) mass is 303 g/mol. The minimum absolute atomic E-state index is 0.0139. The number of aromatic nitrogens is 1. The fourth-order valence-corrected chi connectivity index (χ4v) is 4.15. The van der Waals surface area contributed by atoms with Crippen LogP contribution < -0.4 is 0 Å². The molecular formula is C12H18ClN3O2S. The van der Waals surface area contributed by atoms with Gasteiger partial charge in [0.15, 0.2) is 0 Å². The third-order valence-electron chi connectivity index (χ3n) is 3.50. The number of nitrogens with zero attached hydrogens (tertiary/aromatic N) is 3. The van der Waals surface area contributed by atoms with Crippen LogP contribution in [0.25, 0.3) is 0 Å². The lowest BCUT2D eigenvalue weighted by Gasteiger charge is -2.35. The van der Waals surface area contributed by atoms with Gasteiger partial charge in [0.05, 0.1) is 0 Å². The van der Waals surface area contributed by atoms with Crippen LogP contribution in [0.2, 0.25) is 5.15 Å². The van der Waals surface area contributed by atoms with Crippen molar-refractivity contribution in [2.45, 2.75) is 23.8 Å². The Hall–Kier alpha value is -0.690. The Labute approximate surface area is 119 Å². The van der Waals surface area contributed by atoms with Crippen LogP contribution in [0.3, 0.4) is 0 Å². The summed E-state index contributed by atoms with van der Waals surface area (Å²) in [5.74, 6) is 0. The Kier molecular flexibility index (Phi) is 4.45. The lowest BCUT2D eigenvalue weighted by Crippen LogP contribution is -2.47. The normalized spacial score (nSPS) is 21.8. The van der Waals surface area contributed by atoms with Crippen molar-refractivity contribution in [1.82, 2.24) is 14.2 Å². The van der Waals surface area contributed by atoms with E-state index in [4.69, 9.17) is 11.6 Å². The highest BCUT2D eigenvalue weighted by Crippen LogP contribution is 2.25. The molecule has 0 aliphatic carbocycles. The van der Waals surface area contributed by atoms with Gasteiger partial charge in [-0.05, 0) is 38.6 Å². The minimum Gasteiger partial charge on any atom is -0.305 e. The van der Waals surface area contributed by atoms with Crippen LogP contribution in [0.4, 0.5) is 0 Å². The van der Waals surface area contributed by atoms with Gasteiger partial charge < -0.3 is 4.90 Å². The van der Waals surface area contributed by atoms with Crippen molar-refractivity contribution in [2.75, 3.05) is 27.2 Å². The second kappa shape index (κ2) is 5.75. The Morgan fingerprint density at radius 3 is 2.89 bits per heavy atom. The molecule has 2 heterocycles. The second-order valence-corrected chi connectivity index (χ2v) is 7.20. The van der Waals surface area contributed by atoms with Gasteiger partial charge in [0, 0.05) is 25.8 Å². The summed E-state index contributed by atoms with van der Waals surface area (Å²) in [5.41, 5.74) is 0. The molecular weight excluding hydrogens is 286 g/mol. The van der Waals surface area contributed by atoms with Gasteiger partial charge in [-0.3, -0.25) is 0 Å². The molecule has 0 amide bonds. The molecule has 5 nitrogen and oxygen atoms in total. The summed E-state index contributed by atoms with van der Waals surface area (Å²) in [6.45, 7) is 1.76. The standard InChI is InChI=1S/C12H18ClN3O2S/c1-15-8-4-5-10(9-15)16(2)19(17,18)11-6-3-7-14-12(11)13/h3,6-7,10H,4-5,8-9H2,1-2H3. The van der Waals surface area contributed by atoms with Gasteiger partial charge in [-0.2, -0.15) is 4.31 Å². The third kappa shape index (κ3) is 3.08. The van der Waals surface area contributed by atoms with Crippen LogP contribution >= 0.6 is 11.6 Å². The van der Waals surface area contributed by atoms with Crippen LogP contribution in [0, 0.1) is 0 Å². The molecule has 1 unspecified atom stereocenters. The maximum Gasteiger partial charge on any atom is 0.246 e. The molecule has 1 aromatic rings. The number of pyridine rings is 1. The molecule has 106 valence electrons. The minimum atomic E-state index is -3.58. The molecule has 19 heavy (non-hydrogen) atoms. The van der Waals surface area contributed by atoms with E-state index in [0.717, 1.165) is 25.9 Å². The molecule has 0 bridgehead atoms. The predicted molar refractivity (Wildman–Crippen MR) is 74.7 cm³/mol. The zero-order chi connectivity index (χ0) is 14.0. The number of rotatable bonds is 3. The van der Waals surface area contributed by atoms with Crippen LogP contribution in [0.5, 0.6) is 0 Å². The molecule has 7 heteroatoms. The average Bonchev–Trinajstić information content (AvgIpc) is 2.38. The highest BCUT2D eigenvalue weighted by atomic mass is 35.5. The van der Waals surface area contributed by atoms with Crippen LogP contribution in [0.15, 0.2) is 23.2 Å². The van der Waals surface area contributed by atoms with E-state index < -0.39 is 10.0 Å². The Bertz CT molecular complexity index is 550. The van der Waals surface area contributed by atoms with Crippen molar-refractivity contribution in [3.05, 3.63) is 23.5 Å². The smallest absolute Gasteiger partial charge is 0.246 e. The fourth-order valence-electron chi connectivity index (χ4n) is 2.35. The number of likely N-dealkylation sites (tertiary alicyclic amines) is 1. The maximum atomic E-state index is 12.5. The average molecular weight is 304 g/mol. The van der Waals surface area contributed by atoms with E-state index in [1.54, 1.807) is 13.1 Å². The number of halogens is 1. The van der Waals surface area contributed by atoms with Gasteiger partial charge in [0.25, 0.3) is 0 Å². The van der Waals surface area contributed by atoms with E-state index >= 15 is 0 Å². The van der Waals surface area contributed by atoms with E-state index in [1.165, 1.54) is 16.6 Å². The van der Waals surface area contributed by atoms with Crippen molar-refractivity contribution in [2.24, 2.45) is 0 Å². The number of sulfonamides is 1. The molecule has 2 rings (SSSR count). The summed E-state index contributed by atoms with van der Waals surface area (Å²) in [4.78, 5) is 6.06. The van der Waals surface area contributed by atoms with Crippen LogP contribution in [-0.2, 0) is 10.0 Å². The largest absolute Gasteiger partial charge is 0.305 e. The lowest BCUT2D eigenvalue weighted by molar-refractivity contribution is 0.187. The summed E-state index contributed by atoms with van der Waals surface area (Å²) in [6, 6.07) is 3.06.